The van der Waals surface area contributed by atoms with E-state index in [9.17, 15) is 5.11 Å². The van der Waals surface area contributed by atoms with Gasteiger partial charge in [-0.1, -0.05) is 29.4 Å². The third-order valence-corrected chi connectivity index (χ3v) is 4.05. The molecule has 1 aliphatic carbocycles. The summed E-state index contributed by atoms with van der Waals surface area (Å²) in [5.74, 6) is 0.755. The lowest BCUT2D eigenvalue weighted by Gasteiger charge is -2.30. The van der Waals surface area contributed by atoms with Gasteiger partial charge in [-0.25, -0.2) is 9.67 Å². The predicted molar refractivity (Wildman–Crippen MR) is 75.8 cm³/mol. The van der Waals surface area contributed by atoms with Gasteiger partial charge in [-0.05, 0) is 24.0 Å². The van der Waals surface area contributed by atoms with E-state index in [0.29, 0.717) is 25.2 Å². The van der Waals surface area contributed by atoms with Crippen molar-refractivity contribution in [2.45, 2.75) is 31.4 Å². The first-order chi connectivity index (χ1) is 10.7. The Kier molecular flexibility index (Phi) is 3.00. The minimum atomic E-state index is -1.10. The summed E-state index contributed by atoms with van der Waals surface area (Å²) in [6.07, 6.45) is 4.91. The van der Waals surface area contributed by atoms with Crippen molar-refractivity contribution in [3.05, 3.63) is 59.8 Å². The monoisotopic (exact) mass is 297 g/mol. The van der Waals surface area contributed by atoms with Crippen molar-refractivity contribution in [2.75, 3.05) is 0 Å². The standard InChI is InChI=1S/C15H15N5O2/c21-15(6-5-11-3-1-2-4-12(11)7-15)14-18-13(19-22-14)8-20-10-16-9-17-20/h1-4,9-10,21H,5-8H2. The van der Waals surface area contributed by atoms with E-state index < -0.39 is 5.60 Å². The van der Waals surface area contributed by atoms with Gasteiger partial charge in [-0.3, -0.25) is 0 Å². The largest absolute Gasteiger partial charge is 0.380 e. The van der Waals surface area contributed by atoms with E-state index in [0.717, 1.165) is 12.0 Å². The summed E-state index contributed by atoms with van der Waals surface area (Å²) in [6.45, 7) is 0.371. The molecular formula is C15H15N5O2. The summed E-state index contributed by atoms with van der Waals surface area (Å²) in [5.41, 5.74) is 1.31. The average molecular weight is 297 g/mol. The summed E-state index contributed by atoms with van der Waals surface area (Å²) in [7, 11) is 0. The van der Waals surface area contributed by atoms with Gasteiger partial charge in [0, 0.05) is 6.42 Å². The number of aromatic nitrogens is 5. The number of benzene rings is 1. The van der Waals surface area contributed by atoms with E-state index in [1.54, 1.807) is 11.0 Å². The zero-order valence-corrected chi connectivity index (χ0v) is 11.9. The first-order valence-corrected chi connectivity index (χ1v) is 7.18. The third-order valence-electron chi connectivity index (χ3n) is 4.05. The maximum absolute atomic E-state index is 10.9. The summed E-state index contributed by atoms with van der Waals surface area (Å²) in [4.78, 5) is 8.21. The Balaban J connectivity index is 1.58. The van der Waals surface area contributed by atoms with Gasteiger partial charge in [0.2, 0.25) is 0 Å². The fourth-order valence-corrected chi connectivity index (χ4v) is 2.87. The lowest BCUT2D eigenvalue weighted by atomic mass is 9.80. The molecule has 0 bridgehead atoms. The normalized spacial score (nSPS) is 20.8. The first kappa shape index (κ1) is 13.1. The molecule has 0 spiro atoms. The number of aryl methyl sites for hydroxylation is 1. The molecule has 0 radical (unpaired) electrons. The quantitative estimate of drug-likeness (QED) is 0.778. The lowest BCUT2D eigenvalue weighted by molar-refractivity contribution is -0.00860. The molecule has 0 saturated heterocycles. The second-order valence-corrected chi connectivity index (χ2v) is 5.59. The number of hydrogen-bond acceptors (Lipinski definition) is 6. The first-order valence-electron chi connectivity index (χ1n) is 7.18. The molecular weight excluding hydrogens is 282 g/mol. The van der Waals surface area contributed by atoms with E-state index in [2.05, 4.69) is 26.3 Å². The molecule has 0 saturated carbocycles. The van der Waals surface area contributed by atoms with Crippen LogP contribution in [-0.4, -0.2) is 30.0 Å². The molecule has 1 aromatic carbocycles. The number of aliphatic hydroxyl groups is 1. The Morgan fingerprint density at radius 2 is 2.14 bits per heavy atom. The van der Waals surface area contributed by atoms with Crippen molar-refractivity contribution in [3.63, 3.8) is 0 Å². The highest BCUT2D eigenvalue weighted by Crippen LogP contribution is 2.35. The molecule has 1 N–H and O–H groups in total. The Morgan fingerprint density at radius 3 is 2.95 bits per heavy atom. The minimum absolute atomic E-state index is 0.275. The molecule has 7 heteroatoms. The minimum Gasteiger partial charge on any atom is -0.380 e. The highest BCUT2D eigenvalue weighted by molar-refractivity contribution is 5.32. The summed E-state index contributed by atoms with van der Waals surface area (Å²) in [6, 6.07) is 8.13. The molecule has 2 heterocycles. The lowest BCUT2D eigenvalue weighted by Crippen LogP contribution is -2.33. The van der Waals surface area contributed by atoms with Crippen LogP contribution < -0.4 is 0 Å². The van der Waals surface area contributed by atoms with Gasteiger partial charge in [-0.2, -0.15) is 10.1 Å². The number of nitrogens with zero attached hydrogens (tertiary/aromatic N) is 5. The van der Waals surface area contributed by atoms with Crippen LogP contribution in [0.25, 0.3) is 0 Å². The number of fused-ring (bicyclic) bond motifs is 1. The zero-order chi connectivity index (χ0) is 15.0. The predicted octanol–water partition coefficient (Wildman–Crippen LogP) is 1.09. The summed E-state index contributed by atoms with van der Waals surface area (Å²) >= 11 is 0. The molecule has 4 rings (SSSR count). The van der Waals surface area contributed by atoms with Gasteiger partial charge in [0.15, 0.2) is 5.82 Å². The van der Waals surface area contributed by atoms with Crippen LogP contribution in [0.2, 0.25) is 0 Å². The van der Waals surface area contributed by atoms with Crippen LogP contribution in [0.1, 0.15) is 29.3 Å². The second kappa shape index (κ2) is 5.03. The van der Waals surface area contributed by atoms with Gasteiger partial charge in [0.1, 0.15) is 24.8 Å². The number of hydrogen-bond donors (Lipinski definition) is 1. The van der Waals surface area contributed by atoms with Crippen molar-refractivity contribution in [3.8, 4) is 0 Å². The molecule has 1 atom stereocenters. The molecule has 7 nitrogen and oxygen atoms in total. The molecule has 0 amide bonds. The van der Waals surface area contributed by atoms with Crippen molar-refractivity contribution >= 4 is 0 Å². The smallest absolute Gasteiger partial charge is 0.259 e. The van der Waals surface area contributed by atoms with Crippen LogP contribution in [0.15, 0.2) is 41.4 Å². The topological polar surface area (TPSA) is 89.9 Å². The van der Waals surface area contributed by atoms with Gasteiger partial charge < -0.3 is 9.63 Å². The average Bonchev–Trinajstić information content (AvgIpc) is 3.20. The summed E-state index contributed by atoms with van der Waals surface area (Å²) in [5, 5.41) is 18.8. The molecule has 0 aliphatic heterocycles. The van der Waals surface area contributed by atoms with Crippen molar-refractivity contribution in [2.24, 2.45) is 0 Å². The highest BCUT2D eigenvalue weighted by Gasteiger charge is 2.39. The van der Waals surface area contributed by atoms with E-state index in [1.165, 1.54) is 11.9 Å². The Bertz CT molecular complexity index is 783. The molecule has 112 valence electrons. The second-order valence-electron chi connectivity index (χ2n) is 5.59. The van der Waals surface area contributed by atoms with Crippen LogP contribution >= 0.6 is 0 Å². The maximum Gasteiger partial charge on any atom is 0.259 e. The fourth-order valence-electron chi connectivity index (χ4n) is 2.87. The van der Waals surface area contributed by atoms with E-state index in [1.807, 2.05) is 18.2 Å². The van der Waals surface area contributed by atoms with Crippen molar-refractivity contribution in [1.82, 2.24) is 24.9 Å². The Hall–Kier alpha value is -2.54. The van der Waals surface area contributed by atoms with Crippen LogP contribution in [0.4, 0.5) is 0 Å². The maximum atomic E-state index is 10.9. The van der Waals surface area contributed by atoms with Crippen LogP contribution in [0.3, 0.4) is 0 Å². The molecule has 0 fully saturated rings. The fraction of sp³-hybridized carbons (Fsp3) is 0.333. The van der Waals surface area contributed by atoms with Crippen LogP contribution in [0.5, 0.6) is 0 Å². The molecule has 3 aromatic rings. The number of rotatable bonds is 3. The molecule has 2 aromatic heterocycles. The Morgan fingerprint density at radius 1 is 1.27 bits per heavy atom. The molecule has 1 unspecified atom stereocenters. The van der Waals surface area contributed by atoms with Crippen LogP contribution in [0, 0.1) is 0 Å². The van der Waals surface area contributed by atoms with Gasteiger partial charge in [-0.15, -0.1) is 0 Å². The molecule has 22 heavy (non-hydrogen) atoms. The van der Waals surface area contributed by atoms with Gasteiger partial charge in [0.25, 0.3) is 5.89 Å². The third kappa shape index (κ3) is 2.29. The SMILES string of the molecule is OC1(c2nc(Cn3cncn3)no2)CCc2ccccc2C1. The zero-order valence-electron chi connectivity index (χ0n) is 11.9. The van der Waals surface area contributed by atoms with E-state index in [4.69, 9.17) is 4.52 Å². The van der Waals surface area contributed by atoms with Crippen molar-refractivity contribution < 1.29 is 9.63 Å². The van der Waals surface area contributed by atoms with Gasteiger partial charge in [0.05, 0.1) is 0 Å². The van der Waals surface area contributed by atoms with E-state index in [-0.39, 0.29) is 5.89 Å². The highest BCUT2D eigenvalue weighted by atomic mass is 16.5. The van der Waals surface area contributed by atoms with Crippen LogP contribution in [-0.2, 0) is 25.0 Å². The molecule has 1 aliphatic rings. The van der Waals surface area contributed by atoms with Gasteiger partial charge >= 0.3 is 0 Å². The van der Waals surface area contributed by atoms with E-state index >= 15 is 0 Å². The summed E-state index contributed by atoms with van der Waals surface area (Å²) < 4.78 is 6.90. The van der Waals surface area contributed by atoms with Crippen molar-refractivity contribution in [1.29, 1.82) is 0 Å². The Labute approximate surface area is 126 Å².